The predicted molar refractivity (Wildman–Crippen MR) is 232 cm³/mol. The van der Waals surface area contributed by atoms with Crippen molar-refractivity contribution in [3.8, 4) is 56.9 Å². The van der Waals surface area contributed by atoms with Crippen molar-refractivity contribution >= 4 is 49.3 Å². The molecule has 2 aromatic heterocycles. The summed E-state index contributed by atoms with van der Waals surface area (Å²) in [5, 5.41) is 24.0. The van der Waals surface area contributed by atoms with Gasteiger partial charge in [0, 0.05) is 27.1 Å². The molecule has 0 saturated carbocycles. The van der Waals surface area contributed by atoms with Crippen molar-refractivity contribution in [2.24, 2.45) is 0 Å². The van der Waals surface area contributed by atoms with E-state index < -0.39 is 0 Å². The summed E-state index contributed by atoms with van der Waals surface area (Å²) in [4.78, 5) is 3.61. The highest BCUT2D eigenvalue weighted by Crippen LogP contribution is 2.43. The van der Waals surface area contributed by atoms with E-state index in [-0.39, 0.29) is 0 Å². The standard InChI is InChI=1S/C52H31N5/c1-33-47(56-48-12-5-3-10-43(48)45-24-20-38(29-50(45)56)36-16-14-34(31-53)15-17-36)27-26-42(40-9-7-8-35(28-40)32-54)52(33)57-49-13-6-4-11-44(49)46-25-21-39(30-51(46)57)37-18-22-41(55-2)23-19-37/h3-30H,1H3. The smallest absolute Gasteiger partial charge is 0.187 e. The van der Waals surface area contributed by atoms with E-state index in [4.69, 9.17) is 6.57 Å². The molecular formula is C52H31N5. The largest absolute Gasteiger partial charge is 0.309 e. The number of nitriles is 2. The summed E-state index contributed by atoms with van der Waals surface area (Å²) in [6, 6.07) is 62.7. The van der Waals surface area contributed by atoms with Gasteiger partial charge in [0.2, 0.25) is 0 Å². The molecule has 0 aliphatic carbocycles. The van der Waals surface area contributed by atoms with Crippen LogP contribution in [0.5, 0.6) is 0 Å². The molecule has 0 amide bonds. The number of rotatable bonds is 5. The summed E-state index contributed by atoms with van der Waals surface area (Å²) < 4.78 is 4.77. The first-order valence-corrected chi connectivity index (χ1v) is 18.7. The maximum atomic E-state index is 9.98. The molecule has 0 aliphatic rings. The number of benzene rings is 8. The number of aromatic nitrogens is 2. The van der Waals surface area contributed by atoms with Gasteiger partial charge in [-0.15, -0.1) is 0 Å². The Bertz CT molecular complexity index is 3380. The van der Waals surface area contributed by atoms with Crippen LogP contribution in [-0.4, -0.2) is 9.13 Å². The lowest BCUT2D eigenvalue weighted by Crippen LogP contribution is -2.06. The molecule has 10 rings (SSSR count). The van der Waals surface area contributed by atoms with Crippen molar-refractivity contribution in [1.29, 1.82) is 10.5 Å². The number of hydrogen-bond acceptors (Lipinski definition) is 2. The molecule has 0 aliphatic heterocycles. The van der Waals surface area contributed by atoms with Gasteiger partial charge in [0.1, 0.15) is 0 Å². The fourth-order valence-electron chi connectivity index (χ4n) is 8.48. The minimum Gasteiger partial charge on any atom is -0.309 e. The topological polar surface area (TPSA) is 61.8 Å². The van der Waals surface area contributed by atoms with Crippen molar-refractivity contribution in [1.82, 2.24) is 9.13 Å². The average molecular weight is 726 g/mol. The van der Waals surface area contributed by atoms with E-state index in [0.29, 0.717) is 16.8 Å². The van der Waals surface area contributed by atoms with Crippen LogP contribution in [0.4, 0.5) is 5.69 Å². The van der Waals surface area contributed by atoms with Gasteiger partial charge in [-0.25, -0.2) is 4.85 Å². The molecule has 5 heteroatoms. The number of nitrogens with zero attached hydrogens (tertiary/aromatic N) is 5. The third kappa shape index (κ3) is 5.37. The Morgan fingerprint density at radius 3 is 1.61 bits per heavy atom. The molecule has 0 saturated heterocycles. The second-order valence-electron chi connectivity index (χ2n) is 14.3. The van der Waals surface area contributed by atoms with Gasteiger partial charge in [0.25, 0.3) is 0 Å². The minimum atomic E-state index is 0.602. The van der Waals surface area contributed by atoms with E-state index >= 15 is 0 Å². The summed E-state index contributed by atoms with van der Waals surface area (Å²) in [5.41, 5.74) is 15.5. The SMILES string of the molecule is [C-]#[N+]c1ccc(-c2ccc3c4ccccc4n(-c4c(-c5cccc(C#N)c5)ccc(-n5c6ccccc6c6ccc(-c7ccc(C#N)cc7)cc65)c4C)c3c2)cc1. The first-order chi connectivity index (χ1) is 28.0. The first kappa shape index (κ1) is 33.4. The molecule has 0 N–H and O–H groups in total. The van der Waals surface area contributed by atoms with Crippen LogP contribution in [-0.2, 0) is 0 Å². The summed E-state index contributed by atoms with van der Waals surface area (Å²) in [5.74, 6) is 0. The van der Waals surface area contributed by atoms with Crippen LogP contribution in [0.3, 0.4) is 0 Å². The normalized spacial score (nSPS) is 11.2. The Morgan fingerprint density at radius 1 is 0.456 bits per heavy atom. The highest BCUT2D eigenvalue weighted by atomic mass is 15.0. The average Bonchev–Trinajstić information content (AvgIpc) is 3.78. The van der Waals surface area contributed by atoms with Crippen LogP contribution in [0.25, 0.3) is 93.2 Å². The highest BCUT2D eigenvalue weighted by Gasteiger charge is 2.23. The third-order valence-electron chi connectivity index (χ3n) is 11.2. The number of para-hydroxylation sites is 2. The fraction of sp³-hybridized carbons (Fsp3) is 0.0192. The Morgan fingerprint density at radius 2 is 1.00 bits per heavy atom. The fourth-order valence-corrected chi connectivity index (χ4v) is 8.48. The van der Waals surface area contributed by atoms with E-state index in [9.17, 15) is 10.5 Å². The Labute approximate surface area is 329 Å². The molecule has 57 heavy (non-hydrogen) atoms. The Hall–Kier alpha value is -8.17. The van der Waals surface area contributed by atoms with Crippen molar-refractivity contribution in [3.05, 3.63) is 198 Å². The van der Waals surface area contributed by atoms with Gasteiger partial charge < -0.3 is 9.13 Å². The van der Waals surface area contributed by atoms with Crippen LogP contribution in [0.1, 0.15) is 16.7 Å². The van der Waals surface area contributed by atoms with Crippen LogP contribution < -0.4 is 0 Å². The number of fused-ring (bicyclic) bond motifs is 6. The molecule has 0 bridgehead atoms. The molecule has 2 heterocycles. The third-order valence-corrected chi connectivity index (χ3v) is 11.2. The summed E-state index contributed by atoms with van der Waals surface area (Å²) >= 11 is 0. The predicted octanol–water partition coefficient (Wildman–Crippen LogP) is 13.5. The zero-order valence-corrected chi connectivity index (χ0v) is 30.9. The molecule has 264 valence electrons. The molecule has 5 nitrogen and oxygen atoms in total. The zero-order chi connectivity index (χ0) is 38.6. The van der Waals surface area contributed by atoms with Gasteiger partial charge in [-0.2, -0.15) is 10.5 Å². The molecule has 0 atom stereocenters. The maximum absolute atomic E-state index is 9.98. The summed E-state index contributed by atoms with van der Waals surface area (Å²) in [6.45, 7) is 9.67. The van der Waals surface area contributed by atoms with Crippen LogP contribution >= 0.6 is 0 Å². The van der Waals surface area contributed by atoms with Crippen molar-refractivity contribution in [2.45, 2.75) is 6.92 Å². The molecule has 0 radical (unpaired) electrons. The van der Waals surface area contributed by atoms with E-state index in [2.05, 4.69) is 136 Å². The highest BCUT2D eigenvalue weighted by molar-refractivity contribution is 6.12. The monoisotopic (exact) mass is 725 g/mol. The van der Waals surface area contributed by atoms with Crippen LogP contribution in [0.2, 0.25) is 0 Å². The summed E-state index contributed by atoms with van der Waals surface area (Å²) in [6.07, 6.45) is 0. The van der Waals surface area contributed by atoms with Gasteiger partial charge in [0.05, 0.1) is 63.3 Å². The zero-order valence-electron chi connectivity index (χ0n) is 30.9. The lowest BCUT2D eigenvalue weighted by molar-refractivity contribution is 1.10. The minimum absolute atomic E-state index is 0.602. The number of hydrogen-bond donors (Lipinski definition) is 0. The molecule has 0 unspecified atom stereocenters. The van der Waals surface area contributed by atoms with E-state index in [0.717, 1.165) is 93.9 Å². The Balaban J connectivity index is 1.30. The van der Waals surface area contributed by atoms with Gasteiger partial charge in [0.15, 0.2) is 5.69 Å². The molecule has 0 fully saturated rings. The summed E-state index contributed by atoms with van der Waals surface area (Å²) in [7, 11) is 0. The Kier molecular flexibility index (Phi) is 7.79. The lowest BCUT2D eigenvalue weighted by atomic mass is 9.97. The van der Waals surface area contributed by atoms with Gasteiger partial charge in [-0.05, 0) is 94.9 Å². The van der Waals surface area contributed by atoms with Crippen molar-refractivity contribution < 1.29 is 0 Å². The van der Waals surface area contributed by atoms with Crippen molar-refractivity contribution in [2.75, 3.05) is 0 Å². The van der Waals surface area contributed by atoms with Crippen LogP contribution in [0, 0.1) is 36.2 Å². The molecule has 8 aromatic carbocycles. The van der Waals surface area contributed by atoms with Gasteiger partial charge in [-0.3, -0.25) is 0 Å². The molecule has 0 spiro atoms. The van der Waals surface area contributed by atoms with E-state index in [1.54, 1.807) is 0 Å². The van der Waals surface area contributed by atoms with Gasteiger partial charge >= 0.3 is 0 Å². The second kappa shape index (κ2) is 13.3. The first-order valence-electron chi connectivity index (χ1n) is 18.7. The lowest BCUT2D eigenvalue weighted by Gasteiger charge is -2.21. The van der Waals surface area contributed by atoms with Crippen molar-refractivity contribution in [3.63, 3.8) is 0 Å². The quantitative estimate of drug-likeness (QED) is 0.166. The van der Waals surface area contributed by atoms with Crippen LogP contribution in [0.15, 0.2) is 170 Å². The molecule has 10 aromatic rings. The van der Waals surface area contributed by atoms with E-state index in [1.165, 1.54) is 0 Å². The van der Waals surface area contributed by atoms with E-state index in [1.807, 2.05) is 66.7 Å². The van der Waals surface area contributed by atoms with Gasteiger partial charge in [-0.1, -0.05) is 115 Å². The maximum Gasteiger partial charge on any atom is 0.187 e. The molecular weight excluding hydrogens is 695 g/mol. The second-order valence-corrected chi connectivity index (χ2v) is 14.3.